The highest BCUT2D eigenvalue weighted by molar-refractivity contribution is 6.32. The van der Waals surface area contributed by atoms with Gasteiger partial charge in [-0.2, -0.15) is 0 Å². The quantitative estimate of drug-likeness (QED) is 0.635. The van der Waals surface area contributed by atoms with Crippen molar-refractivity contribution in [2.45, 2.75) is 19.6 Å². The van der Waals surface area contributed by atoms with Gasteiger partial charge in [-0.05, 0) is 49.4 Å². The van der Waals surface area contributed by atoms with E-state index in [0.29, 0.717) is 30.3 Å². The molecule has 0 amide bonds. The van der Waals surface area contributed by atoms with Gasteiger partial charge in [0.05, 0.1) is 0 Å². The van der Waals surface area contributed by atoms with E-state index in [9.17, 15) is 4.79 Å². The van der Waals surface area contributed by atoms with E-state index in [0.717, 1.165) is 28.0 Å². The van der Waals surface area contributed by atoms with Gasteiger partial charge in [-0.25, -0.2) is 4.79 Å². The molecule has 3 aromatic rings. The lowest BCUT2D eigenvalue weighted by molar-refractivity contribution is 0.0639. The molecule has 0 unspecified atom stereocenters. The van der Waals surface area contributed by atoms with Crippen molar-refractivity contribution in [3.63, 3.8) is 0 Å². The lowest BCUT2D eigenvalue weighted by atomic mass is 10.1. The van der Waals surface area contributed by atoms with Crippen LogP contribution in [0.3, 0.4) is 0 Å². The first-order valence-corrected chi connectivity index (χ1v) is 9.17. The average molecular weight is 386 g/mol. The van der Waals surface area contributed by atoms with Crippen LogP contribution >= 0.6 is 11.6 Å². The van der Waals surface area contributed by atoms with Crippen molar-refractivity contribution in [1.29, 1.82) is 0 Å². The average Bonchev–Trinajstić information content (AvgIpc) is 2.63. The van der Waals surface area contributed by atoms with Crippen molar-refractivity contribution in [2.75, 3.05) is 20.2 Å². The topological polar surface area (TPSA) is 51.9 Å². The Morgan fingerprint density at radius 3 is 2.78 bits per heavy atom. The van der Waals surface area contributed by atoms with E-state index >= 15 is 0 Å². The maximum Gasteiger partial charge on any atom is 0.336 e. The minimum absolute atomic E-state index is 0.0814. The van der Waals surface area contributed by atoms with Gasteiger partial charge in [-0.1, -0.05) is 23.7 Å². The second kappa shape index (κ2) is 7.25. The fraction of sp³-hybridized carbons (Fsp3) is 0.286. The van der Waals surface area contributed by atoms with Crippen molar-refractivity contribution in [2.24, 2.45) is 0 Å². The molecule has 0 N–H and O–H groups in total. The molecule has 0 radical (unpaired) electrons. The summed E-state index contributed by atoms with van der Waals surface area (Å²) < 4.78 is 17.1. The summed E-state index contributed by atoms with van der Waals surface area (Å²) in [5, 5.41) is 1.50. The third kappa shape index (κ3) is 3.80. The van der Waals surface area contributed by atoms with Gasteiger partial charge in [0.25, 0.3) is 0 Å². The molecule has 27 heavy (non-hydrogen) atoms. The van der Waals surface area contributed by atoms with Crippen LogP contribution in [0.4, 0.5) is 0 Å². The zero-order valence-electron chi connectivity index (χ0n) is 15.2. The Bertz CT molecular complexity index is 1050. The normalized spacial score (nSPS) is 16.1. The van der Waals surface area contributed by atoms with Crippen LogP contribution in [0.2, 0.25) is 5.02 Å². The zero-order valence-corrected chi connectivity index (χ0v) is 16.0. The maximum absolute atomic E-state index is 11.9. The highest BCUT2D eigenvalue weighted by Gasteiger charge is 2.22. The highest BCUT2D eigenvalue weighted by Crippen LogP contribution is 2.31. The smallest absolute Gasteiger partial charge is 0.336 e. The third-order valence-electron chi connectivity index (χ3n) is 4.63. The Kier molecular flexibility index (Phi) is 4.81. The van der Waals surface area contributed by atoms with Gasteiger partial charge in [0.2, 0.25) is 0 Å². The second-order valence-corrected chi connectivity index (χ2v) is 7.29. The number of halogens is 1. The van der Waals surface area contributed by atoms with Crippen LogP contribution in [0, 0.1) is 6.92 Å². The van der Waals surface area contributed by atoms with Gasteiger partial charge in [0.1, 0.15) is 18.3 Å². The van der Waals surface area contributed by atoms with Gasteiger partial charge in [0, 0.05) is 29.6 Å². The summed E-state index contributed by atoms with van der Waals surface area (Å²) in [4.78, 5) is 14.0. The molecule has 0 fully saturated rings. The molecule has 5 nitrogen and oxygen atoms in total. The van der Waals surface area contributed by atoms with Crippen molar-refractivity contribution in [1.82, 2.24) is 4.90 Å². The maximum atomic E-state index is 11.9. The SMILES string of the molecule is Cc1cc2oc(=O)cc(CN(C)C[C@H]3COc4ccccc4O3)c2cc1Cl. The number of hydrogen-bond donors (Lipinski definition) is 0. The highest BCUT2D eigenvalue weighted by atomic mass is 35.5. The monoisotopic (exact) mass is 385 g/mol. The molecule has 6 heteroatoms. The fourth-order valence-corrected chi connectivity index (χ4v) is 3.50. The lowest BCUT2D eigenvalue weighted by Gasteiger charge is -2.29. The Balaban J connectivity index is 1.52. The van der Waals surface area contributed by atoms with E-state index in [1.807, 2.05) is 44.3 Å². The Hall–Kier alpha value is -2.50. The standard InChI is InChI=1S/C21H20ClNO4/c1-13-7-20-16(9-17(13)22)14(8-21(24)27-20)10-23(2)11-15-12-25-18-5-3-4-6-19(18)26-15/h3-9,15H,10-12H2,1-2H3/t15-/m0/s1. The predicted molar refractivity (Wildman–Crippen MR) is 105 cm³/mol. The third-order valence-corrected chi connectivity index (χ3v) is 5.04. The number of fused-ring (bicyclic) bond motifs is 2. The predicted octanol–water partition coefficient (Wildman–Crippen LogP) is 4.03. The van der Waals surface area contributed by atoms with E-state index in [1.54, 1.807) is 6.07 Å². The Morgan fingerprint density at radius 1 is 1.19 bits per heavy atom. The van der Waals surface area contributed by atoms with Crippen molar-refractivity contribution in [3.8, 4) is 11.5 Å². The number of hydrogen-bond acceptors (Lipinski definition) is 5. The minimum Gasteiger partial charge on any atom is -0.486 e. The van der Waals surface area contributed by atoms with Crippen LogP contribution in [0.25, 0.3) is 11.0 Å². The van der Waals surface area contributed by atoms with E-state index < -0.39 is 0 Å². The molecule has 2 heterocycles. The van der Waals surface area contributed by atoms with Crippen molar-refractivity contribution < 1.29 is 13.9 Å². The molecule has 0 spiro atoms. The number of ether oxygens (including phenoxy) is 2. The van der Waals surface area contributed by atoms with Crippen molar-refractivity contribution in [3.05, 3.63) is 69.0 Å². The molecule has 4 rings (SSSR count). The minimum atomic E-state index is -0.362. The van der Waals surface area contributed by atoms with E-state index in [1.165, 1.54) is 6.07 Å². The summed E-state index contributed by atoms with van der Waals surface area (Å²) >= 11 is 6.27. The van der Waals surface area contributed by atoms with E-state index in [-0.39, 0.29) is 11.7 Å². The lowest BCUT2D eigenvalue weighted by Crippen LogP contribution is -2.39. The fourth-order valence-electron chi connectivity index (χ4n) is 3.34. The molecule has 0 saturated carbocycles. The first-order chi connectivity index (χ1) is 13.0. The molecule has 0 aliphatic carbocycles. The zero-order chi connectivity index (χ0) is 19.0. The van der Waals surface area contributed by atoms with Crippen LogP contribution in [0.15, 0.2) is 51.7 Å². The van der Waals surface area contributed by atoms with Gasteiger partial charge in [0.15, 0.2) is 11.5 Å². The number of likely N-dealkylation sites (N-methyl/N-ethyl adjacent to an activating group) is 1. The largest absolute Gasteiger partial charge is 0.486 e. The van der Waals surface area contributed by atoms with Gasteiger partial charge in [-0.15, -0.1) is 0 Å². The molecule has 140 valence electrons. The number of nitrogens with zero attached hydrogens (tertiary/aromatic N) is 1. The van der Waals surface area contributed by atoms with Gasteiger partial charge >= 0.3 is 5.63 Å². The van der Waals surface area contributed by atoms with Crippen LogP contribution in [0.5, 0.6) is 11.5 Å². The molecule has 0 bridgehead atoms. The van der Waals surface area contributed by atoms with Crippen LogP contribution < -0.4 is 15.1 Å². The van der Waals surface area contributed by atoms with Gasteiger partial charge < -0.3 is 13.9 Å². The molecule has 1 aliphatic heterocycles. The molecular weight excluding hydrogens is 366 g/mol. The summed E-state index contributed by atoms with van der Waals surface area (Å²) in [7, 11) is 1.99. The first kappa shape index (κ1) is 17.9. The number of benzene rings is 2. The molecule has 1 aromatic heterocycles. The molecule has 0 saturated heterocycles. The molecule has 2 aromatic carbocycles. The summed E-state index contributed by atoms with van der Waals surface area (Å²) in [6, 6.07) is 12.8. The van der Waals surface area contributed by atoms with Crippen LogP contribution in [0.1, 0.15) is 11.1 Å². The summed E-state index contributed by atoms with van der Waals surface area (Å²) in [6.45, 7) is 3.61. The second-order valence-electron chi connectivity index (χ2n) is 6.88. The van der Waals surface area contributed by atoms with E-state index in [4.69, 9.17) is 25.5 Å². The Labute approximate surface area is 162 Å². The summed E-state index contributed by atoms with van der Waals surface area (Å²) in [5.41, 5.74) is 1.95. The van der Waals surface area contributed by atoms with Crippen molar-refractivity contribution >= 4 is 22.6 Å². The number of para-hydroxylation sites is 2. The summed E-state index contributed by atoms with van der Waals surface area (Å²) in [5.74, 6) is 1.53. The van der Waals surface area contributed by atoms with Crippen LogP contribution in [-0.2, 0) is 6.54 Å². The summed E-state index contributed by atoms with van der Waals surface area (Å²) in [6.07, 6.45) is -0.0814. The molecular formula is C21H20ClNO4. The van der Waals surface area contributed by atoms with Gasteiger partial charge in [-0.3, -0.25) is 4.90 Å². The number of aryl methyl sites for hydroxylation is 1. The number of rotatable bonds is 4. The molecule has 1 aliphatic rings. The Morgan fingerprint density at radius 2 is 1.96 bits per heavy atom. The van der Waals surface area contributed by atoms with Crippen LogP contribution in [-0.4, -0.2) is 31.2 Å². The van der Waals surface area contributed by atoms with E-state index in [2.05, 4.69) is 4.90 Å². The first-order valence-electron chi connectivity index (χ1n) is 8.79. The molecule has 1 atom stereocenters.